The van der Waals surface area contributed by atoms with Crippen LogP contribution in [-0.4, -0.2) is 64.9 Å². The minimum Gasteiger partial charge on any atom is -0.0798 e. The van der Waals surface area contributed by atoms with Gasteiger partial charge in [-0.3, -0.25) is 0 Å². The Morgan fingerprint density at radius 1 is 1.13 bits per heavy atom. The molecule has 1 aromatic carbocycles. The van der Waals surface area contributed by atoms with Crippen molar-refractivity contribution >= 4 is 68.8 Å². The van der Waals surface area contributed by atoms with E-state index in [1.165, 1.54) is 10.7 Å². The number of alkyl halides is 3. The molecule has 30 heavy (non-hydrogen) atoms. The number of fused-ring (bicyclic) bond motifs is 2. The third-order valence-corrected chi connectivity index (χ3v) is 12.4. The van der Waals surface area contributed by atoms with Gasteiger partial charge in [0.15, 0.2) is 0 Å². The Labute approximate surface area is 197 Å². The van der Waals surface area contributed by atoms with Crippen molar-refractivity contribution in [3.63, 3.8) is 0 Å². The maximum atomic E-state index is 12.8. The summed E-state index contributed by atoms with van der Waals surface area (Å²) in [4.78, 5) is 34.3. The van der Waals surface area contributed by atoms with Gasteiger partial charge in [0, 0.05) is 0 Å². The summed E-state index contributed by atoms with van der Waals surface area (Å²) in [5, 5.41) is 0. The molecular formula is C21H28Cl3NO4Sn. The van der Waals surface area contributed by atoms with E-state index in [1.54, 1.807) is 4.90 Å². The molecule has 166 valence electrons. The molecule has 5 nitrogen and oxygen atoms in total. The van der Waals surface area contributed by atoms with E-state index in [9.17, 15) is 9.59 Å². The van der Waals surface area contributed by atoms with Crippen LogP contribution in [-0.2, 0) is 14.3 Å². The summed E-state index contributed by atoms with van der Waals surface area (Å²) < 4.78 is 10.1. The molecule has 1 amide bonds. The zero-order chi connectivity index (χ0) is 22.3. The van der Waals surface area contributed by atoms with Crippen LogP contribution in [0.25, 0.3) is 0 Å². The van der Waals surface area contributed by atoms with Gasteiger partial charge in [0.1, 0.15) is 0 Å². The zero-order valence-electron chi connectivity index (χ0n) is 17.7. The average Bonchev–Trinajstić information content (AvgIpc) is 2.98. The summed E-state index contributed by atoms with van der Waals surface area (Å²) in [5.74, 6) is -0.752. The SMILES string of the molecule is COC(=O)C1C(c2cc[c]([Sn]([CH3])([CH3])[CH3])cc2)CC2CCC1N2C(=O)OCC(Cl)(Cl)Cl. The number of methoxy groups -OCH3 is 1. The molecule has 0 spiro atoms. The number of hydrogen-bond acceptors (Lipinski definition) is 4. The van der Waals surface area contributed by atoms with Gasteiger partial charge in [-0.2, -0.15) is 0 Å². The summed E-state index contributed by atoms with van der Waals surface area (Å²) in [6.07, 6.45) is 1.67. The molecule has 1 aromatic rings. The predicted molar refractivity (Wildman–Crippen MR) is 123 cm³/mol. The van der Waals surface area contributed by atoms with Gasteiger partial charge in [-0.25, -0.2) is 0 Å². The third kappa shape index (κ3) is 5.33. The van der Waals surface area contributed by atoms with E-state index in [2.05, 4.69) is 39.1 Å². The van der Waals surface area contributed by atoms with Crippen molar-refractivity contribution in [2.45, 2.75) is 55.9 Å². The number of hydrogen-bond donors (Lipinski definition) is 0. The Hall–Kier alpha value is -0.371. The molecular weight excluding hydrogens is 555 g/mol. The fourth-order valence-electron chi connectivity index (χ4n) is 4.74. The van der Waals surface area contributed by atoms with Crippen molar-refractivity contribution in [3.8, 4) is 0 Å². The number of carbonyl (C=O) groups excluding carboxylic acids is 2. The molecule has 3 rings (SSSR count). The van der Waals surface area contributed by atoms with Crippen molar-refractivity contribution in [1.82, 2.24) is 4.90 Å². The fraction of sp³-hybridized carbons (Fsp3) is 0.619. The van der Waals surface area contributed by atoms with Crippen molar-refractivity contribution < 1.29 is 19.1 Å². The van der Waals surface area contributed by atoms with E-state index in [4.69, 9.17) is 44.3 Å². The number of amides is 1. The molecule has 0 saturated carbocycles. The van der Waals surface area contributed by atoms with Crippen molar-refractivity contribution in [2.75, 3.05) is 13.7 Å². The Morgan fingerprint density at radius 2 is 1.77 bits per heavy atom. The number of benzene rings is 1. The van der Waals surface area contributed by atoms with Crippen molar-refractivity contribution in [3.05, 3.63) is 29.8 Å². The molecule has 2 aliphatic rings. The van der Waals surface area contributed by atoms with E-state index in [0.29, 0.717) is 6.42 Å². The minimum absolute atomic E-state index is 0.00334. The molecule has 2 aliphatic heterocycles. The number of halogens is 3. The summed E-state index contributed by atoms with van der Waals surface area (Å²) >= 11 is 15.0. The smallest absolute Gasteiger partial charge is 0.0798 e. The Morgan fingerprint density at radius 3 is 2.30 bits per heavy atom. The second kappa shape index (κ2) is 9.24. The van der Waals surface area contributed by atoms with Gasteiger partial charge in [0.25, 0.3) is 0 Å². The molecule has 0 aromatic heterocycles. The summed E-state index contributed by atoms with van der Waals surface area (Å²) in [6, 6.07) is 8.42. The van der Waals surface area contributed by atoms with Crippen LogP contribution in [0.15, 0.2) is 24.3 Å². The first kappa shape index (κ1) is 24.3. The molecule has 0 radical (unpaired) electrons. The monoisotopic (exact) mass is 583 g/mol. The van der Waals surface area contributed by atoms with E-state index in [-0.39, 0.29) is 30.6 Å². The number of esters is 1. The van der Waals surface area contributed by atoms with Gasteiger partial charge in [-0.15, -0.1) is 0 Å². The van der Waals surface area contributed by atoms with E-state index in [1.807, 2.05) is 0 Å². The Balaban J connectivity index is 1.86. The maximum absolute atomic E-state index is 12.8. The first-order valence-corrected chi connectivity index (χ1v) is 21.2. The molecule has 0 N–H and O–H groups in total. The van der Waals surface area contributed by atoms with Gasteiger partial charge in [0.05, 0.1) is 0 Å². The fourth-order valence-corrected chi connectivity index (χ4v) is 8.23. The number of ether oxygens (including phenoxy) is 2. The van der Waals surface area contributed by atoms with Crippen LogP contribution in [0, 0.1) is 5.92 Å². The Kier molecular flexibility index (Phi) is 7.48. The van der Waals surface area contributed by atoms with Gasteiger partial charge in [0.2, 0.25) is 0 Å². The number of nitrogens with zero attached hydrogens (tertiary/aromatic N) is 1. The van der Waals surface area contributed by atoms with E-state index < -0.39 is 34.2 Å². The first-order valence-electron chi connectivity index (χ1n) is 10.1. The van der Waals surface area contributed by atoms with Crippen LogP contribution in [0.4, 0.5) is 4.79 Å². The quantitative estimate of drug-likeness (QED) is 0.289. The van der Waals surface area contributed by atoms with Crippen LogP contribution in [0.1, 0.15) is 30.7 Å². The predicted octanol–water partition coefficient (Wildman–Crippen LogP) is 4.85. The Bertz CT molecular complexity index is 791. The topological polar surface area (TPSA) is 55.8 Å². The molecule has 2 bridgehead atoms. The van der Waals surface area contributed by atoms with Crippen LogP contribution in [0.2, 0.25) is 14.8 Å². The molecule has 2 saturated heterocycles. The molecule has 4 atom stereocenters. The van der Waals surface area contributed by atoms with Crippen LogP contribution in [0.5, 0.6) is 0 Å². The van der Waals surface area contributed by atoms with Crippen LogP contribution in [0.3, 0.4) is 0 Å². The molecule has 9 heteroatoms. The molecule has 4 unspecified atom stereocenters. The second-order valence-electron chi connectivity index (χ2n) is 9.14. The van der Waals surface area contributed by atoms with Gasteiger partial charge >= 0.3 is 163 Å². The normalized spacial score (nSPS) is 26.4. The van der Waals surface area contributed by atoms with E-state index >= 15 is 0 Å². The number of carbonyl (C=O) groups is 2. The average molecular weight is 584 g/mol. The van der Waals surface area contributed by atoms with Gasteiger partial charge in [-0.05, 0) is 0 Å². The number of piperidine rings is 1. The third-order valence-electron chi connectivity index (χ3n) is 6.17. The summed E-state index contributed by atoms with van der Waals surface area (Å²) in [5.41, 5.74) is 1.12. The van der Waals surface area contributed by atoms with Crippen molar-refractivity contribution in [1.29, 1.82) is 0 Å². The second-order valence-corrected chi connectivity index (χ2v) is 26.1. The number of rotatable bonds is 4. The molecule has 2 heterocycles. The standard InChI is InChI=1S/C18H19Cl3NO4.3CH3.Sn/c1-25-16(23)15-13(11-5-3-2-4-6-11)9-12-7-8-14(15)22(12)17(24)26-10-18(19,20)21;;;;/h3-6,12-15H,7-10H2,1H3;3*1H3;. The molecule has 2 fully saturated rings. The van der Waals surface area contributed by atoms with Crippen LogP contribution >= 0.6 is 34.8 Å². The summed E-state index contributed by atoms with van der Waals surface area (Å²) in [7, 11) is 1.39. The van der Waals surface area contributed by atoms with Crippen LogP contribution < -0.4 is 3.58 Å². The van der Waals surface area contributed by atoms with E-state index in [0.717, 1.165) is 18.4 Å². The minimum atomic E-state index is -2.16. The zero-order valence-corrected chi connectivity index (χ0v) is 22.8. The summed E-state index contributed by atoms with van der Waals surface area (Å²) in [6.45, 7) is -0.334. The molecule has 0 aliphatic carbocycles. The van der Waals surface area contributed by atoms with Gasteiger partial charge < -0.3 is 0 Å². The van der Waals surface area contributed by atoms with Gasteiger partial charge in [-0.1, -0.05) is 34.8 Å². The van der Waals surface area contributed by atoms with Crippen molar-refractivity contribution in [2.24, 2.45) is 5.92 Å². The first-order chi connectivity index (χ1) is 13.9.